The lowest BCUT2D eigenvalue weighted by Crippen LogP contribution is -2.10. The molecule has 9 heteroatoms. The van der Waals surface area contributed by atoms with Gasteiger partial charge in [0.15, 0.2) is 0 Å². The summed E-state index contributed by atoms with van der Waals surface area (Å²) in [5.74, 6) is -3.55. The number of nitro benzene ring substituents is 1. The first-order chi connectivity index (χ1) is 10.8. The van der Waals surface area contributed by atoms with Crippen LogP contribution < -0.4 is 0 Å². The average molecular weight is 320 g/mol. The Balaban J connectivity index is 2.28. The summed E-state index contributed by atoms with van der Waals surface area (Å²) in [6.07, 6.45) is 0.112. The maximum atomic E-state index is 10.9. The highest BCUT2D eigenvalue weighted by Gasteiger charge is 2.24. The summed E-state index contributed by atoms with van der Waals surface area (Å²) >= 11 is 0. The van der Waals surface area contributed by atoms with Crippen molar-refractivity contribution in [1.82, 2.24) is 9.97 Å². The number of aromatic nitrogens is 2. The van der Waals surface area contributed by atoms with Crippen LogP contribution in [0.25, 0.3) is 0 Å². The van der Waals surface area contributed by atoms with Crippen LogP contribution in [0, 0.1) is 10.1 Å². The topological polar surface area (TPSA) is 147 Å². The van der Waals surface area contributed by atoms with E-state index in [1.807, 2.05) is 0 Å². The Morgan fingerprint density at radius 3 is 2.17 bits per heavy atom. The maximum absolute atomic E-state index is 10.9. The number of nitrogens with zero attached hydrogens (tertiary/aromatic N) is 3. The standard InChI is InChI=1S/C14H13N3O6/c1-7(14(20)21)11-12(18)15-10(16-13(11)19)6-8-2-4-9(5-3-8)17(22)23/h2-5,7H,6H2,1H3,(H,20,21)(H2,15,16,18,19)/i2+1. The van der Waals surface area contributed by atoms with Crippen LogP contribution in [0.5, 0.6) is 11.8 Å². The molecule has 3 N–H and O–H groups in total. The SMILES string of the molecule is CC(C(=O)O)c1c(O)nc(Cc2ccc([N+](=O)[O-])c[13cH]2)nc1O. The summed E-state index contributed by atoms with van der Waals surface area (Å²) in [7, 11) is 0. The van der Waals surface area contributed by atoms with Gasteiger partial charge in [-0.15, -0.1) is 0 Å². The van der Waals surface area contributed by atoms with Crippen LogP contribution in [0.1, 0.15) is 29.8 Å². The molecule has 1 heterocycles. The first kappa shape index (κ1) is 16.1. The minimum Gasteiger partial charge on any atom is -0.493 e. The predicted octanol–water partition coefficient (Wildman–Crippen LogP) is 1.57. The number of aliphatic carboxylic acids is 1. The van der Waals surface area contributed by atoms with Crippen molar-refractivity contribution in [1.29, 1.82) is 0 Å². The smallest absolute Gasteiger partial charge is 0.311 e. The van der Waals surface area contributed by atoms with Gasteiger partial charge in [-0.1, -0.05) is 12.1 Å². The molecule has 0 amide bonds. The van der Waals surface area contributed by atoms with Crippen LogP contribution >= 0.6 is 0 Å². The zero-order chi connectivity index (χ0) is 17.1. The van der Waals surface area contributed by atoms with E-state index in [-0.39, 0.29) is 23.5 Å². The van der Waals surface area contributed by atoms with Crippen LogP contribution in [0.3, 0.4) is 0 Å². The summed E-state index contributed by atoms with van der Waals surface area (Å²) < 4.78 is 0. The van der Waals surface area contributed by atoms with Crippen LogP contribution in [-0.4, -0.2) is 36.2 Å². The minimum absolute atomic E-state index is 0.0639. The van der Waals surface area contributed by atoms with E-state index in [1.165, 1.54) is 31.2 Å². The fourth-order valence-electron chi connectivity index (χ4n) is 2.00. The average Bonchev–Trinajstić information content (AvgIpc) is 2.46. The van der Waals surface area contributed by atoms with Gasteiger partial charge in [0.2, 0.25) is 11.8 Å². The Labute approximate surface area is 130 Å². The molecule has 1 unspecified atom stereocenters. The van der Waals surface area contributed by atoms with Crippen molar-refractivity contribution >= 4 is 11.7 Å². The second-order valence-electron chi connectivity index (χ2n) is 4.86. The van der Waals surface area contributed by atoms with Crippen LogP contribution in [-0.2, 0) is 11.2 Å². The van der Waals surface area contributed by atoms with E-state index in [0.29, 0.717) is 5.56 Å². The largest absolute Gasteiger partial charge is 0.493 e. The molecule has 0 aliphatic heterocycles. The van der Waals surface area contributed by atoms with Crippen molar-refractivity contribution in [3.05, 3.63) is 51.3 Å². The zero-order valence-corrected chi connectivity index (χ0v) is 12.0. The second kappa shape index (κ2) is 6.26. The number of hydrogen-bond donors (Lipinski definition) is 3. The molecule has 0 fully saturated rings. The minimum atomic E-state index is -1.23. The molecule has 0 saturated carbocycles. The molecule has 0 bridgehead atoms. The molecule has 0 aliphatic rings. The molecule has 0 saturated heterocycles. The van der Waals surface area contributed by atoms with E-state index < -0.39 is 28.6 Å². The summed E-state index contributed by atoms with van der Waals surface area (Å²) in [5.41, 5.74) is 0.310. The number of benzene rings is 1. The van der Waals surface area contributed by atoms with E-state index in [4.69, 9.17) is 5.11 Å². The Hall–Kier alpha value is -3.23. The lowest BCUT2D eigenvalue weighted by atomic mass is 10.0. The van der Waals surface area contributed by atoms with Gasteiger partial charge < -0.3 is 15.3 Å². The number of hydrogen-bond acceptors (Lipinski definition) is 7. The number of non-ortho nitro benzene ring substituents is 1. The first-order valence-corrected chi connectivity index (χ1v) is 6.54. The summed E-state index contributed by atoms with van der Waals surface area (Å²) in [5, 5.41) is 39.2. The van der Waals surface area contributed by atoms with E-state index >= 15 is 0 Å². The second-order valence-corrected chi connectivity index (χ2v) is 4.86. The molecule has 1 aromatic heterocycles. The van der Waals surface area contributed by atoms with Crippen molar-refractivity contribution < 1.29 is 25.0 Å². The van der Waals surface area contributed by atoms with Crippen molar-refractivity contribution in [2.24, 2.45) is 0 Å². The maximum Gasteiger partial charge on any atom is 0.311 e. The van der Waals surface area contributed by atoms with Gasteiger partial charge in [0.25, 0.3) is 5.69 Å². The summed E-state index contributed by atoms with van der Waals surface area (Å²) in [4.78, 5) is 28.5. The molecule has 23 heavy (non-hydrogen) atoms. The summed E-state index contributed by atoms with van der Waals surface area (Å²) in [6.45, 7) is 1.29. The normalized spacial score (nSPS) is 11.9. The third kappa shape index (κ3) is 3.51. The Bertz CT molecular complexity index is 737. The first-order valence-electron chi connectivity index (χ1n) is 6.54. The lowest BCUT2D eigenvalue weighted by molar-refractivity contribution is -0.384. The number of carbonyl (C=O) groups is 1. The van der Waals surface area contributed by atoms with E-state index in [2.05, 4.69) is 9.97 Å². The summed E-state index contributed by atoms with van der Waals surface area (Å²) in [6, 6.07) is 5.64. The monoisotopic (exact) mass is 320 g/mol. The third-order valence-electron chi connectivity index (χ3n) is 3.26. The van der Waals surface area contributed by atoms with Crippen molar-refractivity contribution in [2.75, 3.05) is 0 Å². The van der Waals surface area contributed by atoms with Crippen LogP contribution in [0.2, 0.25) is 0 Å². The Morgan fingerprint density at radius 1 is 1.22 bits per heavy atom. The highest BCUT2D eigenvalue weighted by molar-refractivity contribution is 5.77. The van der Waals surface area contributed by atoms with Gasteiger partial charge in [-0.05, 0) is 12.5 Å². The predicted molar refractivity (Wildman–Crippen MR) is 77.3 cm³/mol. The molecule has 1 aromatic carbocycles. The fraction of sp³-hybridized carbons (Fsp3) is 0.214. The zero-order valence-electron chi connectivity index (χ0n) is 12.0. The van der Waals surface area contributed by atoms with Crippen LogP contribution in [0.15, 0.2) is 24.3 Å². The van der Waals surface area contributed by atoms with Crippen molar-refractivity contribution in [3.63, 3.8) is 0 Å². The fourth-order valence-corrected chi connectivity index (χ4v) is 2.00. The highest BCUT2D eigenvalue weighted by atomic mass is 16.6. The Morgan fingerprint density at radius 2 is 1.74 bits per heavy atom. The van der Waals surface area contributed by atoms with Crippen molar-refractivity contribution in [3.8, 4) is 11.8 Å². The molecule has 1 atom stereocenters. The Kier molecular flexibility index (Phi) is 4.39. The molecule has 2 rings (SSSR count). The lowest BCUT2D eigenvalue weighted by Gasteiger charge is -2.11. The molecule has 0 radical (unpaired) electrons. The molecule has 0 aliphatic carbocycles. The van der Waals surface area contributed by atoms with Gasteiger partial charge in [0, 0.05) is 18.6 Å². The molecular weight excluding hydrogens is 307 g/mol. The number of nitro groups is 1. The molecule has 120 valence electrons. The number of carboxylic acids is 1. The number of aromatic hydroxyl groups is 2. The van der Waals surface area contributed by atoms with E-state index in [9.17, 15) is 25.1 Å². The number of rotatable bonds is 5. The number of carboxylic acid groups (broad SMARTS) is 1. The van der Waals surface area contributed by atoms with Gasteiger partial charge in [0.1, 0.15) is 5.82 Å². The van der Waals surface area contributed by atoms with Gasteiger partial charge in [-0.2, -0.15) is 9.97 Å². The van der Waals surface area contributed by atoms with Crippen LogP contribution in [0.4, 0.5) is 5.69 Å². The van der Waals surface area contributed by atoms with Gasteiger partial charge in [0.05, 0.1) is 16.4 Å². The third-order valence-corrected chi connectivity index (χ3v) is 3.26. The molecule has 9 nitrogen and oxygen atoms in total. The quantitative estimate of drug-likeness (QED) is 0.555. The molecule has 2 aromatic rings. The van der Waals surface area contributed by atoms with Crippen molar-refractivity contribution in [2.45, 2.75) is 19.3 Å². The van der Waals surface area contributed by atoms with E-state index in [0.717, 1.165) is 0 Å². The van der Waals surface area contributed by atoms with Gasteiger partial charge in [-0.25, -0.2) is 0 Å². The van der Waals surface area contributed by atoms with Gasteiger partial charge >= 0.3 is 5.97 Å². The van der Waals surface area contributed by atoms with Gasteiger partial charge in [-0.3, -0.25) is 14.9 Å². The molecular formula is C14H13N3O6. The molecule has 0 spiro atoms. The van der Waals surface area contributed by atoms with E-state index in [1.54, 1.807) is 0 Å². The highest BCUT2D eigenvalue weighted by Crippen LogP contribution is 2.31.